The first-order chi connectivity index (χ1) is 13.0. The predicted molar refractivity (Wildman–Crippen MR) is 104 cm³/mol. The number of hydrogen-bond donors (Lipinski definition) is 2. The van der Waals surface area contributed by atoms with Gasteiger partial charge in [-0.1, -0.05) is 0 Å². The molecular formula is C19H19N3O4S. The van der Waals surface area contributed by atoms with Crippen molar-refractivity contribution in [1.29, 1.82) is 0 Å². The third kappa shape index (κ3) is 4.48. The van der Waals surface area contributed by atoms with Crippen LogP contribution in [-0.2, 0) is 10.0 Å². The average Bonchev–Trinajstić information content (AvgIpc) is 2.70. The summed E-state index contributed by atoms with van der Waals surface area (Å²) >= 11 is 0. The van der Waals surface area contributed by atoms with Gasteiger partial charge in [-0.15, -0.1) is 0 Å². The van der Waals surface area contributed by atoms with Gasteiger partial charge in [0.15, 0.2) is 5.82 Å². The third-order valence-electron chi connectivity index (χ3n) is 3.77. The highest BCUT2D eigenvalue weighted by atomic mass is 32.2. The van der Waals surface area contributed by atoms with Crippen molar-refractivity contribution in [3.8, 4) is 11.5 Å². The van der Waals surface area contributed by atoms with Crippen LogP contribution >= 0.6 is 0 Å². The van der Waals surface area contributed by atoms with Crippen molar-refractivity contribution in [1.82, 2.24) is 4.98 Å². The molecular weight excluding hydrogens is 366 g/mol. The zero-order chi connectivity index (χ0) is 19.3. The van der Waals surface area contributed by atoms with Crippen molar-refractivity contribution in [2.24, 2.45) is 0 Å². The minimum Gasteiger partial charge on any atom is -0.497 e. The fraction of sp³-hybridized carbons (Fsp3) is 0.105. The second kappa shape index (κ2) is 7.96. The molecule has 0 saturated carbocycles. The lowest BCUT2D eigenvalue weighted by Gasteiger charge is -2.13. The van der Waals surface area contributed by atoms with Gasteiger partial charge in [0.1, 0.15) is 11.5 Å². The fourth-order valence-corrected chi connectivity index (χ4v) is 3.42. The molecule has 3 rings (SSSR count). The van der Waals surface area contributed by atoms with Crippen molar-refractivity contribution in [2.45, 2.75) is 4.90 Å². The molecule has 140 valence electrons. The molecule has 2 N–H and O–H groups in total. The van der Waals surface area contributed by atoms with Gasteiger partial charge in [-0.3, -0.25) is 4.72 Å². The highest BCUT2D eigenvalue weighted by molar-refractivity contribution is 7.92. The van der Waals surface area contributed by atoms with Crippen LogP contribution in [0.25, 0.3) is 0 Å². The number of hydrogen-bond acceptors (Lipinski definition) is 6. The van der Waals surface area contributed by atoms with Crippen molar-refractivity contribution >= 4 is 27.2 Å². The van der Waals surface area contributed by atoms with Gasteiger partial charge >= 0.3 is 0 Å². The highest BCUT2D eigenvalue weighted by Gasteiger charge is 2.16. The number of pyridine rings is 1. The normalized spacial score (nSPS) is 10.9. The highest BCUT2D eigenvalue weighted by Crippen LogP contribution is 2.27. The minimum absolute atomic E-state index is 0.127. The van der Waals surface area contributed by atoms with Crippen LogP contribution < -0.4 is 19.5 Å². The van der Waals surface area contributed by atoms with Gasteiger partial charge in [0.2, 0.25) is 0 Å². The van der Waals surface area contributed by atoms with Crippen molar-refractivity contribution in [2.75, 3.05) is 24.3 Å². The van der Waals surface area contributed by atoms with E-state index in [9.17, 15) is 8.42 Å². The topological polar surface area (TPSA) is 89.5 Å². The number of rotatable bonds is 7. The summed E-state index contributed by atoms with van der Waals surface area (Å²) in [6.45, 7) is 0. The molecule has 0 amide bonds. The monoisotopic (exact) mass is 385 g/mol. The van der Waals surface area contributed by atoms with Gasteiger partial charge < -0.3 is 14.8 Å². The van der Waals surface area contributed by atoms with Crippen LogP contribution in [0.5, 0.6) is 11.5 Å². The maximum atomic E-state index is 12.7. The Kier molecular flexibility index (Phi) is 5.46. The van der Waals surface area contributed by atoms with Crippen LogP contribution in [-0.4, -0.2) is 27.6 Å². The first-order valence-corrected chi connectivity index (χ1v) is 9.53. The molecule has 0 unspecified atom stereocenters. The van der Waals surface area contributed by atoms with E-state index in [4.69, 9.17) is 9.47 Å². The summed E-state index contributed by atoms with van der Waals surface area (Å²) in [6.07, 6.45) is 1.58. The lowest BCUT2D eigenvalue weighted by molar-refractivity contribution is 0.414. The van der Waals surface area contributed by atoms with E-state index < -0.39 is 10.0 Å². The molecule has 0 bridgehead atoms. The van der Waals surface area contributed by atoms with E-state index in [1.165, 1.54) is 19.2 Å². The average molecular weight is 385 g/mol. The molecule has 0 spiro atoms. The number of ether oxygens (including phenoxy) is 2. The molecule has 7 nitrogen and oxygen atoms in total. The standard InChI is InChI=1S/C19H19N3O4S/c1-25-15-7-5-14(6-8-15)21-19-18(4-3-13-20-19)22-27(23,24)17-11-9-16(26-2)10-12-17/h3-13,22H,1-2H3,(H,20,21). The van der Waals surface area contributed by atoms with E-state index in [0.29, 0.717) is 17.3 Å². The van der Waals surface area contributed by atoms with Crippen LogP contribution in [0.15, 0.2) is 71.8 Å². The Morgan fingerprint density at radius 2 is 1.44 bits per heavy atom. The van der Waals surface area contributed by atoms with Gasteiger partial charge in [-0.25, -0.2) is 13.4 Å². The van der Waals surface area contributed by atoms with Gasteiger partial charge in [-0.2, -0.15) is 0 Å². The minimum atomic E-state index is -3.77. The molecule has 0 aliphatic rings. The molecule has 0 fully saturated rings. The SMILES string of the molecule is COc1ccc(Nc2ncccc2NS(=O)(=O)c2ccc(OC)cc2)cc1. The second-order valence-corrected chi connectivity index (χ2v) is 7.22. The maximum absolute atomic E-state index is 12.7. The van der Waals surface area contributed by atoms with Crippen LogP contribution in [0.4, 0.5) is 17.2 Å². The van der Waals surface area contributed by atoms with Crippen molar-refractivity contribution in [3.05, 3.63) is 66.9 Å². The van der Waals surface area contributed by atoms with Crippen LogP contribution in [0, 0.1) is 0 Å². The van der Waals surface area contributed by atoms with E-state index in [2.05, 4.69) is 15.0 Å². The fourth-order valence-electron chi connectivity index (χ4n) is 2.36. The Hall–Kier alpha value is -3.26. The lowest BCUT2D eigenvalue weighted by atomic mass is 10.3. The van der Waals surface area contributed by atoms with Crippen LogP contribution in [0.1, 0.15) is 0 Å². The number of nitrogens with one attached hydrogen (secondary N) is 2. The first-order valence-electron chi connectivity index (χ1n) is 8.05. The zero-order valence-electron chi connectivity index (χ0n) is 14.8. The number of nitrogens with zero attached hydrogens (tertiary/aromatic N) is 1. The summed E-state index contributed by atoms with van der Waals surface area (Å²) < 4.78 is 38.1. The van der Waals surface area contributed by atoms with E-state index in [-0.39, 0.29) is 4.90 Å². The van der Waals surface area contributed by atoms with Gasteiger partial charge in [-0.05, 0) is 60.7 Å². The summed E-state index contributed by atoms with van der Waals surface area (Å²) in [5.74, 6) is 1.69. The van der Waals surface area contributed by atoms with Crippen molar-refractivity contribution in [3.63, 3.8) is 0 Å². The number of benzene rings is 2. The summed E-state index contributed by atoms with van der Waals surface area (Å²) in [7, 11) is -0.656. The smallest absolute Gasteiger partial charge is 0.262 e. The van der Waals surface area contributed by atoms with E-state index in [1.807, 2.05) is 12.1 Å². The Balaban J connectivity index is 1.84. The number of methoxy groups -OCH3 is 2. The molecule has 1 heterocycles. The van der Waals surface area contributed by atoms with Crippen molar-refractivity contribution < 1.29 is 17.9 Å². The molecule has 27 heavy (non-hydrogen) atoms. The number of anilines is 3. The van der Waals surface area contributed by atoms with E-state index in [0.717, 1.165) is 11.4 Å². The maximum Gasteiger partial charge on any atom is 0.262 e. The molecule has 3 aromatic rings. The van der Waals surface area contributed by atoms with Gasteiger partial charge in [0.25, 0.3) is 10.0 Å². The molecule has 8 heteroatoms. The Morgan fingerprint density at radius 3 is 2.04 bits per heavy atom. The van der Waals surface area contributed by atoms with Crippen LogP contribution in [0.3, 0.4) is 0 Å². The number of aromatic nitrogens is 1. The van der Waals surface area contributed by atoms with Gasteiger partial charge in [0, 0.05) is 11.9 Å². The lowest BCUT2D eigenvalue weighted by Crippen LogP contribution is -2.14. The third-order valence-corrected chi connectivity index (χ3v) is 5.16. The Labute approximate surface area is 158 Å². The quantitative estimate of drug-likeness (QED) is 0.645. The predicted octanol–water partition coefficient (Wildman–Crippen LogP) is 3.64. The zero-order valence-corrected chi connectivity index (χ0v) is 15.7. The molecule has 0 radical (unpaired) electrons. The molecule has 0 aliphatic heterocycles. The van der Waals surface area contributed by atoms with E-state index in [1.54, 1.807) is 49.7 Å². The molecule has 0 atom stereocenters. The summed E-state index contributed by atoms with van der Waals surface area (Å²) in [6, 6.07) is 16.7. The first kappa shape index (κ1) is 18.5. The second-order valence-electron chi connectivity index (χ2n) is 5.53. The number of sulfonamides is 1. The summed E-state index contributed by atoms with van der Waals surface area (Å²) in [5, 5.41) is 3.10. The van der Waals surface area contributed by atoms with Gasteiger partial charge in [0.05, 0.1) is 24.8 Å². The summed E-state index contributed by atoms with van der Waals surface area (Å²) in [5.41, 5.74) is 1.09. The molecule has 0 saturated heterocycles. The largest absolute Gasteiger partial charge is 0.497 e. The molecule has 2 aromatic carbocycles. The van der Waals surface area contributed by atoms with E-state index >= 15 is 0 Å². The Bertz CT molecular complexity index is 1000. The Morgan fingerprint density at radius 1 is 0.852 bits per heavy atom. The summed E-state index contributed by atoms with van der Waals surface area (Å²) in [4.78, 5) is 4.36. The molecule has 0 aliphatic carbocycles. The van der Waals surface area contributed by atoms with Crippen LogP contribution in [0.2, 0.25) is 0 Å². The molecule has 1 aromatic heterocycles.